The van der Waals surface area contributed by atoms with Gasteiger partial charge in [0, 0.05) is 0 Å². The van der Waals surface area contributed by atoms with Crippen LogP contribution in [-0.2, 0) is 24.7 Å². The predicted octanol–water partition coefficient (Wildman–Crippen LogP) is 2.01. The minimum absolute atomic E-state index is 0.478. The average molecular weight is 293 g/mol. The number of hydrogen-bond donors (Lipinski definition) is 1. The SMILES string of the molecule is CCC(CC)(CC)[NH][Hf]. The second kappa shape index (κ2) is 4.62. The Balaban J connectivity index is 3.82. The normalized spacial score (nSPS) is 11.8. The summed E-state index contributed by atoms with van der Waals surface area (Å²) in [6.07, 6.45) is 3.80. The van der Waals surface area contributed by atoms with Crippen LogP contribution in [0.5, 0.6) is 0 Å². The maximum absolute atomic E-state index is 3.50. The van der Waals surface area contributed by atoms with Gasteiger partial charge >= 0.3 is 73.5 Å². The van der Waals surface area contributed by atoms with E-state index in [1.807, 2.05) is 0 Å². The molecular weight excluding hydrogens is 277 g/mol. The Morgan fingerprint density at radius 3 is 1.44 bits per heavy atom. The fraction of sp³-hybridized carbons (Fsp3) is 1.00. The summed E-state index contributed by atoms with van der Waals surface area (Å²) in [6, 6.07) is 0. The predicted molar refractivity (Wildman–Crippen MR) is 36.7 cm³/mol. The summed E-state index contributed by atoms with van der Waals surface area (Å²) in [4.78, 5) is 0. The number of hydrogen-bond acceptors (Lipinski definition) is 1. The van der Waals surface area contributed by atoms with Crippen LogP contribution < -0.4 is 3.30 Å². The van der Waals surface area contributed by atoms with Gasteiger partial charge in [-0.1, -0.05) is 0 Å². The fourth-order valence-corrected chi connectivity index (χ4v) is 2.92. The molecule has 2 heteroatoms. The first-order valence-corrected chi connectivity index (χ1v) is 5.48. The van der Waals surface area contributed by atoms with Crippen LogP contribution in [0.4, 0.5) is 0 Å². The van der Waals surface area contributed by atoms with Gasteiger partial charge in [0.25, 0.3) is 0 Å². The van der Waals surface area contributed by atoms with Crippen LogP contribution in [0.15, 0.2) is 0 Å². The van der Waals surface area contributed by atoms with Crippen molar-refractivity contribution in [3.63, 3.8) is 0 Å². The third-order valence-electron chi connectivity index (χ3n) is 2.30. The van der Waals surface area contributed by atoms with E-state index in [0.29, 0.717) is 5.54 Å². The second-order valence-electron chi connectivity index (χ2n) is 2.47. The topological polar surface area (TPSA) is 12.0 Å². The van der Waals surface area contributed by atoms with Gasteiger partial charge in [-0.2, -0.15) is 0 Å². The molecular formula is C7H16HfN. The van der Waals surface area contributed by atoms with Crippen molar-refractivity contribution < 1.29 is 24.7 Å². The Labute approximate surface area is 73.6 Å². The molecule has 0 aliphatic rings. The van der Waals surface area contributed by atoms with Gasteiger partial charge in [-0.05, 0) is 0 Å². The Morgan fingerprint density at radius 1 is 1.11 bits per heavy atom. The summed E-state index contributed by atoms with van der Waals surface area (Å²) < 4.78 is 3.50. The molecule has 0 bridgehead atoms. The molecule has 0 heterocycles. The van der Waals surface area contributed by atoms with Crippen molar-refractivity contribution in [3.8, 4) is 0 Å². The molecule has 0 saturated carbocycles. The van der Waals surface area contributed by atoms with Gasteiger partial charge in [-0.15, -0.1) is 0 Å². The summed E-state index contributed by atoms with van der Waals surface area (Å²) in [5.74, 6) is 0. The first-order chi connectivity index (χ1) is 4.24. The molecule has 0 fully saturated rings. The minimum atomic E-state index is 0.478. The molecule has 0 atom stereocenters. The van der Waals surface area contributed by atoms with E-state index in [4.69, 9.17) is 0 Å². The van der Waals surface area contributed by atoms with E-state index < -0.39 is 0 Å². The van der Waals surface area contributed by atoms with Gasteiger partial charge in [0.15, 0.2) is 0 Å². The van der Waals surface area contributed by atoms with Gasteiger partial charge in [0.2, 0.25) is 0 Å². The first-order valence-electron chi connectivity index (χ1n) is 3.68. The molecule has 0 aromatic rings. The van der Waals surface area contributed by atoms with E-state index in [-0.39, 0.29) is 0 Å². The van der Waals surface area contributed by atoms with Gasteiger partial charge in [-0.25, -0.2) is 0 Å². The van der Waals surface area contributed by atoms with Gasteiger partial charge in [-0.3, -0.25) is 0 Å². The van der Waals surface area contributed by atoms with Crippen LogP contribution in [0.25, 0.3) is 0 Å². The third-order valence-corrected chi connectivity index (χ3v) is 4.20. The molecule has 0 saturated heterocycles. The quantitative estimate of drug-likeness (QED) is 0.782. The van der Waals surface area contributed by atoms with Crippen molar-refractivity contribution in [2.45, 2.75) is 45.6 Å². The van der Waals surface area contributed by atoms with Crippen LogP contribution in [0.3, 0.4) is 0 Å². The first kappa shape index (κ1) is 9.83. The number of rotatable bonds is 4. The molecule has 0 aliphatic carbocycles. The molecule has 9 heavy (non-hydrogen) atoms. The van der Waals surface area contributed by atoms with E-state index in [1.165, 1.54) is 19.3 Å². The van der Waals surface area contributed by atoms with Crippen LogP contribution in [0.2, 0.25) is 0 Å². The molecule has 1 N–H and O–H groups in total. The molecule has 0 unspecified atom stereocenters. The van der Waals surface area contributed by atoms with Crippen molar-refractivity contribution in [1.82, 2.24) is 3.30 Å². The second-order valence-corrected chi connectivity index (χ2v) is 3.36. The molecule has 0 aliphatic heterocycles. The summed E-state index contributed by atoms with van der Waals surface area (Å²) in [7, 11) is 0. The Kier molecular flexibility index (Phi) is 5.04. The summed E-state index contributed by atoms with van der Waals surface area (Å²) in [5, 5.41) is 0. The van der Waals surface area contributed by atoms with Gasteiger partial charge in [0.05, 0.1) is 0 Å². The van der Waals surface area contributed by atoms with Crippen molar-refractivity contribution in [3.05, 3.63) is 0 Å². The Bertz CT molecular complexity index is 51.8. The molecule has 0 amide bonds. The molecule has 1 nitrogen and oxygen atoms in total. The summed E-state index contributed by atoms with van der Waals surface area (Å²) >= 11 is 1.13. The molecule has 0 aromatic carbocycles. The molecule has 0 rings (SSSR count). The molecule has 0 aromatic heterocycles. The zero-order chi connectivity index (χ0) is 7.33. The third kappa shape index (κ3) is 2.50. The van der Waals surface area contributed by atoms with Crippen LogP contribution in [0.1, 0.15) is 40.0 Å². The monoisotopic (exact) mass is 294 g/mol. The van der Waals surface area contributed by atoms with Crippen LogP contribution in [-0.4, -0.2) is 5.54 Å². The Morgan fingerprint density at radius 2 is 1.44 bits per heavy atom. The average Bonchev–Trinajstić information content (AvgIpc) is 1.95. The summed E-state index contributed by atoms with van der Waals surface area (Å²) in [5.41, 5.74) is 0.478. The fourth-order valence-electron chi connectivity index (χ4n) is 1.02. The van der Waals surface area contributed by atoms with Gasteiger partial charge in [0.1, 0.15) is 0 Å². The van der Waals surface area contributed by atoms with Crippen LogP contribution >= 0.6 is 0 Å². The van der Waals surface area contributed by atoms with Crippen molar-refractivity contribution in [1.29, 1.82) is 0 Å². The van der Waals surface area contributed by atoms with E-state index in [9.17, 15) is 0 Å². The molecule has 0 spiro atoms. The van der Waals surface area contributed by atoms with Crippen molar-refractivity contribution in [2.24, 2.45) is 0 Å². The number of nitrogens with one attached hydrogen (secondary N) is 1. The summed E-state index contributed by atoms with van der Waals surface area (Å²) in [6.45, 7) is 6.79. The van der Waals surface area contributed by atoms with Gasteiger partial charge < -0.3 is 0 Å². The standard InChI is InChI=1S/C7H16N.Hf/c1-4-7(8,5-2)6-3;/h8H,4-6H2,1-3H3;/q-1;+1. The van der Waals surface area contributed by atoms with E-state index >= 15 is 0 Å². The zero-order valence-electron chi connectivity index (χ0n) is 6.62. The van der Waals surface area contributed by atoms with Crippen molar-refractivity contribution >= 4 is 0 Å². The Hall–Kier alpha value is 0.830. The maximum atomic E-state index is 3.50. The zero-order valence-corrected chi connectivity index (χ0v) is 10.2. The molecule has 0 radical (unpaired) electrons. The van der Waals surface area contributed by atoms with Crippen molar-refractivity contribution in [2.75, 3.05) is 0 Å². The van der Waals surface area contributed by atoms with E-state index in [1.54, 1.807) is 0 Å². The van der Waals surface area contributed by atoms with Crippen LogP contribution in [0, 0.1) is 0 Å². The van der Waals surface area contributed by atoms with E-state index in [2.05, 4.69) is 24.1 Å². The molecule has 53 valence electrons. The van der Waals surface area contributed by atoms with E-state index in [0.717, 1.165) is 24.7 Å².